The maximum absolute atomic E-state index is 2.49. The Hall–Kier alpha value is 0.423. The number of hydrogen-bond donors (Lipinski definition) is 0. The van der Waals surface area contributed by atoms with E-state index in [0.717, 1.165) is 0 Å². The van der Waals surface area contributed by atoms with Crippen molar-refractivity contribution >= 4 is 0 Å². The van der Waals surface area contributed by atoms with Crippen LogP contribution in [0.15, 0.2) is 42.0 Å². The van der Waals surface area contributed by atoms with Gasteiger partial charge in [-0.1, -0.05) is 26.7 Å². The molecule has 0 aromatic carbocycles. The van der Waals surface area contributed by atoms with Crippen molar-refractivity contribution < 1.29 is 48.0 Å². The Morgan fingerprint density at radius 3 is 1.08 bits per heavy atom. The molecule has 0 saturated carbocycles. The average Bonchev–Trinajstić information content (AvgIpc) is 3.51. The van der Waals surface area contributed by atoms with Gasteiger partial charge in [0.15, 0.2) is 0 Å². The number of hydrogen-bond acceptors (Lipinski definition) is 0. The Morgan fingerprint density at radius 1 is 0.459 bits per heavy atom. The minimum Gasteiger partial charge on any atom is -1.00 e. The summed E-state index contributed by atoms with van der Waals surface area (Å²) in [6.07, 6.45) is 44.1. The summed E-state index contributed by atoms with van der Waals surface area (Å²) in [6, 6.07) is 0. The van der Waals surface area contributed by atoms with Gasteiger partial charge in [0.25, 0.3) is 0 Å². The Balaban J connectivity index is 0.00000648. The molecule has 0 aromatic heterocycles. The van der Waals surface area contributed by atoms with Crippen molar-refractivity contribution in [2.24, 2.45) is 0 Å². The molecule has 3 heteroatoms. The van der Waals surface area contributed by atoms with Crippen LogP contribution in [-0.2, 0) is 23.2 Å². The van der Waals surface area contributed by atoms with Gasteiger partial charge in [-0.3, -0.25) is 0 Å². The molecule has 0 bridgehead atoms. The number of unbranched alkanes of at least 4 members (excludes halogenated alkanes) is 18. The van der Waals surface area contributed by atoms with Crippen molar-refractivity contribution in [3.63, 3.8) is 0 Å². The van der Waals surface area contributed by atoms with Crippen LogP contribution in [0.1, 0.15) is 168 Å². The number of halogens is 2. The second-order valence-electron chi connectivity index (χ2n) is 11.2. The molecule has 0 unspecified atom stereocenters. The van der Waals surface area contributed by atoms with Crippen molar-refractivity contribution in [2.45, 2.75) is 168 Å². The van der Waals surface area contributed by atoms with Gasteiger partial charge < -0.3 is 24.8 Å². The molecule has 212 valence electrons. The van der Waals surface area contributed by atoms with E-state index in [4.69, 9.17) is 0 Å². The second-order valence-corrected chi connectivity index (χ2v) is 14.8. The number of allylic oxidation sites excluding steroid dienone is 8. The maximum atomic E-state index is 2.49. The van der Waals surface area contributed by atoms with E-state index >= 15 is 0 Å². The summed E-state index contributed by atoms with van der Waals surface area (Å²) >= 11 is -0.540. The minimum absolute atomic E-state index is 0. The molecule has 0 nitrogen and oxygen atoms in total. The van der Waals surface area contributed by atoms with Crippen LogP contribution in [0.3, 0.4) is 0 Å². The van der Waals surface area contributed by atoms with Crippen molar-refractivity contribution in [3.05, 3.63) is 42.0 Å². The van der Waals surface area contributed by atoms with Gasteiger partial charge in [0.2, 0.25) is 0 Å². The molecule has 2 aliphatic rings. The van der Waals surface area contributed by atoms with E-state index in [2.05, 4.69) is 38.2 Å². The van der Waals surface area contributed by atoms with Crippen LogP contribution in [0, 0.1) is 0 Å². The zero-order valence-corrected chi connectivity index (χ0v) is 28.5. The van der Waals surface area contributed by atoms with Gasteiger partial charge in [-0.05, 0) is 0 Å². The predicted molar refractivity (Wildman–Crippen MR) is 154 cm³/mol. The van der Waals surface area contributed by atoms with Gasteiger partial charge >= 0.3 is 207 Å². The van der Waals surface area contributed by atoms with Crippen LogP contribution in [-0.4, -0.2) is 0 Å². The molecule has 37 heavy (non-hydrogen) atoms. The fraction of sp³-hybridized carbons (Fsp3) is 0.765. The van der Waals surface area contributed by atoms with E-state index in [1.54, 1.807) is 11.1 Å². The van der Waals surface area contributed by atoms with Gasteiger partial charge in [0.05, 0.1) is 0 Å². The molecule has 0 heterocycles. The van der Waals surface area contributed by atoms with Crippen molar-refractivity contribution in [1.82, 2.24) is 0 Å². The molecule has 0 radical (unpaired) electrons. The summed E-state index contributed by atoms with van der Waals surface area (Å²) in [5, 5.41) is 0. The van der Waals surface area contributed by atoms with E-state index in [0.29, 0.717) is 0 Å². The summed E-state index contributed by atoms with van der Waals surface area (Å²) in [7, 11) is 0. The summed E-state index contributed by atoms with van der Waals surface area (Å²) < 4.78 is 3.81. The third-order valence-corrected chi connectivity index (χ3v) is 12.0. The molecule has 0 N–H and O–H groups in total. The van der Waals surface area contributed by atoms with E-state index in [1.807, 2.05) is 6.56 Å². The third-order valence-electron chi connectivity index (χ3n) is 7.96. The van der Waals surface area contributed by atoms with Crippen molar-refractivity contribution in [2.75, 3.05) is 0 Å². The van der Waals surface area contributed by atoms with Crippen LogP contribution >= 0.6 is 0 Å². The molecule has 0 saturated heterocycles. The number of rotatable bonds is 24. The van der Waals surface area contributed by atoms with Gasteiger partial charge in [-0.25, -0.2) is 0 Å². The van der Waals surface area contributed by atoms with E-state index in [1.165, 1.54) is 154 Å². The fourth-order valence-corrected chi connectivity index (χ4v) is 9.41. The normalized spacial score (nSPS) is 14.3. The van der Waals surface area contributed by atoms with Gasteiger partial charge in [0, 0.05) is 0 Å². The molecule has 0 atom stereocenters. The Kier molecular flexibility index (Phi) is 26.9. The summed E-state index contributed by atoms with van der Waals surface area (Å²) in [6.45, 7) is 4.62. The Labute approximate surface area is 256 Å². The zero-order chi connectivity index (χ0) is 24.8. The zero-order valence-electron chi connectivity index (χ0n) is 24.5. The maximum Gasteiger partial charge on any atom is -1.00 e. The minimum atomic E-state index is -0.540. The Bertz CT molecular complexity index is 603. The largest absolute Gasteiger partial charge is 1.00 e. The van der Waals surface area contributed by atoms with Crippen LogP contribution in [0.25, 0.3) is 0 Å². The van der Waals surface area contributed by atoms with Gasteiger partial charge in [-0.15, -0.1) is 0 Å². The van der Waals surface area contributed by atoms with Gasteiger partial charge in [-0.2, -0.15) is 0 Å². The first-order chi connectivity index (χ1) is 17.3. The first-order valence-corrected chi connectivity index (χ1v) is 18.3. The fourth-order valence-electron chi connectivity index (χ4n) is 5.62. The molecule has 0 aromatic rings. The van der Waals surface area contributed by atoms with Crippen molar-refractivity contribution in [3.8, 4) is 0 Å². The monoisotopic (exact) mass is 626 g/mol. The SMILES string of the molecule is CCCCCCCCCCCCC1=[C]([Zr+2][C]2=C(CCCCCCCCCCCC)C=CC2)CC=C1.[Cl-].[Cl-]. The van der Waals surface area contributed by atoms with E-state index in [-0.39, 0.29) is 24.8 Å². The summed E-state index contributed by atoms with van der Waals surface area (Å²) in [5.41, 5.74) is 3.52. The van der Waals surface area contributed by atoms with E-state index < -0.39 is 23.2 Å². The quantitative estimate of drug-likeness (QED) is 0.113. The summed E-state index contributed by atoms with van der Waals surface area (Å²) in [4.78, 5) is 0. The molecule has 2 aliphatic carbocycles. The second kappa shape index (κ2) is 26.6. The molecule has 0 fully saturated rings. The Morgan fingerprint density at radius 2 is 0.757 bits per heavy atom. The molecular weight excluding hydrogens is 571 g/mol. The molecule has 0 amide bonds. The summed E-state index contributed by atoms with van der Waals surface area (Å²) in [5.74, 6) is 0. The van der Waals surface area contributed by atoms with Gasteiger partial charge in [0.1, 0.15) is 0 Å². The standard InChI is InChI=1S/2C17H29.2ClH.Zr/c2*1-2-3-4-5-6-7-8-9-10-11-14-17-15-12-13-16-17;;;/h2*12,15H,2-11,13-14H2,1H3;2*1H;/q;;;;+2/p-2. The van der Waals surface area contributed by atoms with Crippen LogP contribution < -0.4 is 24.8 Å². The van der Waals surface area contributed by atoms with Crippen molar-refractivity contribution in [1.29, 1.82) is 0 Å². The molecular formula is C34H58Cl2Zr. The van der Waals surface area contributed by atoms with Crippen LogP contribution in [0.5, 0.6) is 0 Å². The average molecular weight is 629 g/mol. The first-order valence-electron chi connectivity index (χ1n) is 15.9. The van der Waals surface area contributed by atoms with Crippen LogP contribution in [0.4, 0.5) is 0 Å². The third kappa shape index (κ3) is 18.4. The first kappa shape index (κ1) is 37.4. The smallest absolute Gasteiger partial charge is 1.00 e. The van der Waals surface area contributed by atoms with Crippen LogP contribution in [0.2, 0.25) is 0 Å². The topological polar surface area (TPSA) is 0 Å². The molecule has 0 spiro atoms. The predicted octanol–water partition coefficient (Wildman–Crippen LogP) is 6.13. The van der Waals surface area contributed by atoms with E-state index in [9.17, 15) is 0 Å². The molecule has 0 aliphatic heterocycles. The molecule has 2 rings (SSSR count).